The van der Waals surface area contributed by atoms with Crippen LogP contribution in [-0.4, -0.2) is 22.8 Å². The van der Waals surface area contributed by atoms with Gasteiger partial charge in [-0.25, -0.2) is 0 Å². The van der Waals surface area contributed by atoms with Gasteiger partial charge in [0, 0.05) is 29.3 Å². The summed E-state index contributed by atoms with van der Waals surface area (Å²) in [7, 11) is 0. The molecule has 2 aromatic carbocycles. The van der Waals surface area contributed by atoms with Gasteiger partial charge >= 0.3 is 0 Å². The Balaban J connectivity index is 1.91. The normalized spacial score (nSPS) is 11.4. The summed E-state index contributed by atoms with van der Waals surface area (Å²) < 4.78 is 0. The largest absolute Gasteiger partial charge is 0.350 e. The average molecular weight is 362 g/mol. The van der Waals surface area contributed by atoms with Crippen LogP contribution in [-0.2, 0) is 11.3 Å². The number of rotatable bonds is 6. The quantitative estimate of drug-likeness (QED) is 0.610. The van der Waals surface area contributed by atoms with Gasteiger partial charge < -0.3 is 10.6 Å². The number of halogens is 1. The molecule has 2 amide bonds. The Morgan fingerprint density at radius 3 is 2.52 bits per heavy atom. The Kier molecular flexibility index (Phi) is 6.08. The zero-order chi connectivity index (χ0) is 18.4. The highest BCUT2D eigenvalue weighted by Gasteiger charge is 2.18. The Hall–Kier alpha value is -2.93. The molecule has 0 fully saturated rings. The van der Waals surface area contributed by atoms with Gasteiger partial charge in [0.1, 0.15) is 6.04 Å². The van der Waals surface area contributed by atoms with Gasteiger partial charge in [0.15, 0.2) is 0 Å². The molecule has 1 atom stereocenters. The van der Waals surface area contributed by atoms with Crippen molar-refractivity contribution in [2.24, 2.45) is 0 Å². The Labute approximate surface area is 149 Å². The molecular formula is C17H16ClN3O4. The molecule has 0 spiro atoms. The first-order chi connectivity index (χ1) is 11.9. The van der Waals surface area contributed by atoms with Crippen molar-refractivity contribution < 1.29 is 14.5 Å². The third-order valence-corrected chi connectivity index (χ3v) is 3.69. The van der Waals surface area contributed by atoms with E-state index in [1.165, 1.54) is 25.1 Å². The maximum absolute atomic E-state index is 12.1. The monoisotopic (exact) mass is 361 g/mol. The molecular weight excluding hydrogens is 346 g/mol. The Morgan fingerprint density at radius 1 is 1.20 bits per heavy atom. The van der Waals surface area contributed by atoms with Crippen molar-refractivity contribution in [1.29, 1.82) is 0 Å². The number of nitrogens with one attached hydrogen (secondary N) is 2. The summed E-state index contributed by atoms with van der Waals surface area (Å²) in [4.78, 5) is 34.3. The van der Waals surface area contributed by atoms with Crippen molar-refractivity contribution >= 4 is 29.1 Å². The third-order valence-electron chi connectivity index (χ3n) is 3.44. The van der Waals surface area contributed by atoms with Gasteiger partial charge in [0.05, 0.1) is 4.92 Å². The highest BCUT2D eigenvalue weighted by Crippen LogP contribution is 2.13. The molecule has 8 heteroatoms. The van der Waals surface area contributed by atoms with Crippen LogP contribution in [0.25, 0.3) is 0 Å². The number of non-ortho nitro benzene ring substituents is 1. The fraction of sp³-hybridized carbons (Fsp3) is 0.176. The minimum atomic E-state index is -0.793. The molecule has 7 nitrogen and oxygen atoms in total. The number of carbonyl (C=O) groups excluding carboxylic acids is 2. The van der Waals surface area contributed by atoms with E-state index in [0.717, 1.165) is 11.6 Å². The minimum absolute atomic E-state index is 0.117. The summed E-state index contributed by atoms with van der Waals surface area (Å²) in [6.07, 6.45) is 0. The molecule has 0 radical (unpaired) electrons. The van der Waals surface area contributed by atoms with E-state index in [2.05, 4.69) is 10.6 Å². The van der Waals surface area contributed by atoms with Gasteiger partial charge in [-0.1, -0.05) is 29.8 Å². The van der Waals surface area contributed by atoms with E-state index >= 15 is 0 Å². The van der Waals surface area contributed by atoms with Crippen LogP contribution in [0.5, 0.6) is 0 Å². The van der Waals surface area contributed by atoms with Crippen molar-refractivity contribution in [2.75, 3.05) is 0 Å². The van der Waals surface area contributed by atoms with Crippen molar-refractivity contribution in [3.8, 4) is 0 Å². The highest BCUT2D eigenvalue weighted by atomic mass is 35.5. The second kappa shape index (κ2) is 8.25. The van der Waals surface area contributed by atoms with Crippen molar-refractivity contribution in [2.45, 2.75) is 19.5 Å². The van der Waals surface area contributed by atoms with E-state index in [9.17, 15) is 19.7 Å². The number of nitro groups is 1. The summed E-state index contributed by atoms with van der Waals surface area (Å²) in [5.41, 5.74) is 0.800. The van der Waals surface area contributed by atoms with Crippen LogP contribution in [0.1, 0.15) is 22.8 Å². The van der Waals surface area contributed by atoms with E-state index in [-0.39, 0.29) is 17.2 Å². The molecule has 2 aromatic rings. The van der Waals surface area contributed by atoms with Gasteiger partial charge in [-0.2, -0.15) is 0 Å². The van der Waals surface area contributed by atoms with Gasteiger partial charge in [-0.15, -0.1) is 0 Å². The topological polar surface area (TPSA) is 101 Å². The predicted octanol–water partition coefficient (Wildman–Crippen LogP) is 2.68. The molecule has 0 saturated carbocycles. The number of hydrogen-bond donors (Lipinski definition) is 2. The minimum Gasteiger partial charge on any atom is -0.350 e. The lowest BCUT2D eigenvalue weighted by Crippen LogP contribution is -2.44. The van der Waals surface area contributed by atoms with Crippen molar-refractivity contribution in [3.63, 3.8) is 0 Å². The summed E-state index contributed by atoms with van der Waals surface area (Å²) in [6.45, 7) is 1.83. The summed E-state index contributed by atoms with van der Waals surface area (Å²) in [5, 5.41) is 16.6. The van der Waals surface area contributed by atoms with Crippen molar-refractivity contribution in [1.82, 2.24) is 10.6 Å². The molecule has 0 saturated heterocycles. The second-order valence-corrected chi connectivity index (χ2v) is 5.78. The number of hydrogen-bond acceptors (Lipinski definition) is 4. The molecule has 130 valence electrons. The zero-order valence-electron chi connectivity index (χ0n) is 13.4. The van der Waals surface area contributed by atoms with Crippen LogP contribution < -0.4 is 10.6 Å². The zero-order valence-corrected chi connectivity index (χ0v) is 14.1. The number of nitrogens with zero attached hydrogens (tertiary/aromatic N) is 1. The van der Waals surface area contributed by atoms with E-state index < -0.39 is 16.9 Å². The van der Waals surface area contributed by atoms with Gasteiger partial charge in [0.2, 0.25) is 5.91 Å². The first kappa shape index (κ1) is 18.4. The molecule has 0 aromatic heterocycles. The predicted molar refractivity (Wildman–Crippen MR) is 93.3 cm³/mol. The lowest BCUT2D eigenvalue weighted by atomic mass is 10.1. The van der Waals surface area contributed by atoms with Crippen LogP contribution in [0.15, 0.2) is 48.5 Å². The van der Waals surface area contributed by atoms with Crippen LogP contribution in [0, 0.1) is 10.1 Å². The standard InChI is InChI=1S/C17H16ClN3O4/c1-11(16(22)19-10-12-5-7-14(18)8-6-12)20-17(23)13-3-2-4-15(9-13)21(24)25/h2-9,11H,10H2,1H3,(H,19,22)(H,20,23). The first-order valence-corrected chi connectivity index (χ1v) is 7.82. The van der Waals surface area contributed by atoms with Crippen LogP contribution in [0.2, 0.25) is 5.02 Å². The number of carbonyl (C=O) groups is 2. The fourth-order valence-electron chi connectivity index (χ4n) is 2.05. The van der Waals surface area contributed by atoms with Gasteiger partial charge in [-0.3, -0.25) is 19.7 Å². The fourth-order valence-corrected chi connectivity index (χ4v) is 2.18. The molecule has 0 aliphatic carbocycles. The molecule has 2 rings (SSSR count). The number of benzene rings is 2. The lowest BCUT2D eigenvalue weighted by Gasteiger charge is -2.14. The van der Waals surface area contributed by atoms with E-state index in [1.807, 2.05) is 0 Å². The van der Waals surface area contributed by atoms with E-state index in [0.29, 0.717) is 11.6 Å². The van der Waals surface area contributed by atoms with Gasteiger partial charge in [0.25, 0.3) is 11.6 Å². The molecule has 1 unspecified atom stereocenters. The number of nitro benzene ring substituents is 1. The number of amides is 2. The summed E-state index contributed by atoms with van der Waals surface area (Å²) in [6, 6.07) is 11.5. The molecule has 0 bridgehead atoms. The highest BCUT2D eigenvalue weighted by molar-refractivity contribution is 6.30. The van der Waals surface area contributed by atoms with Crippen molar-refractivity contribution in [3.05, 3.63) is 74.8 Å². The average Bonchev–Trinajstić information content (AvgIpc) is 2.60. The first-order valence-electron chi connectivity index (χ1n) is 7.44. The van der Waals surface area contributed by atoms with Crippen LogP contribution >= 0.6 is 11.6 Å². The van der Waals surface area contributed by atoms with Crippen LogP contribution in [0.3, 0.4) is 0 Å². The molecule has 2 N–H and O–H groups in total. The summed E-state index contributed by atoms with van der Waals surface area (Å²) >= 11 is 5.79. The second-order valence-electron chi connectivity index (χ2n) is 5.35. The third kappa shape index (κ3) is 5.29. The maximum atomic E-state index is 12.1. The Morgan fingerprint density at radius 2 is 1.88 bits per heavy atom. The lowest BCUT2D eigenvalue weighted by molar-refractivity contribution is -0.384. The SMILES string of the molecule is CC(NC(=O)c1cccc([N+](=O)[O-])c1)C(=O)NCc1ccc(Cl)cc1. The molecule has 0 heterocycles. The smallest absolute Gasteiger partial charge is 0.270 e. The van der Waals surface area contributed by atoms with E-state index in [1.54, 1.807) is 24.3 Å². The Bertz CT molecular complexity index is 793. The molecule has 25 heavy (non-hydrogen) atoms. The van der Waals surface area contributed by atoms with Crippen LogP contribution in [0.4, 0.5) is 5.69 Å². The summed E-state index contributed by atoms with van der Waals surface area (Å²) in [5.74, 6) is -0.924. The molecule has 0 aliphatic heterocycles. The van der Waals surface area contributed by atoms with Gasteiger partial charge in [-0.05, 0) is 30.7 Å². The van der Waals surface area contributed by atoms with E-state index in [4.69, 9.17) is 11.6 Å². The maximum Gasteiger partial charge on any atom is 0.270 e. The molecule has 0 aliphatic rings.